The van der Waals surface area contributed by atoms with Crippen molar-refractivity contribution in [3.63, 3.8) is 0 Å². The molecule has 0 saturated heterocycles. The lowest BCUT2D eigenvalue weighted by molar-refractivity contribution is 0.0697. The molecule has 2 rings (SSSR count). The van der Waals surface area contributed by atoms with E-state index in [1.807, 2.05) is 30.3 Å². The van der Waals surface area contributed by atoms with Gasteiger partial charge in [0.05, 0.1) is 5.56 Å². The van der Waals surface area contributed by atoms with Crippen LogP contribution in [-0.4, -0.2) is 16.6 Å². The molecular weight excluding hydrogens is 282 g/mol. The third-order valence-electron chi connectivity index (χ3n) is 2.80. The van der Waals surface area contributed by atoms with Crippen LogP contribution >= 0.6 is 11.9 Å². The van der Waals surface area contributed by atoms with E-state index >= 15 is 0 Å². The molecular formula is C17H19NO2S. The van der Waals surface area contributed by atoms with Gasteiger partial charge in [-0.15, -0.1) is 0 Å². The van der Waals surface area contributed by atoms with Gasteiger partial charge < -0.3 is 5.11 Å². The van der Waals surface area contributed by atoms with Gasteiger partial charge in [-0.1, -0.05) is 30.3 Å². The van der Waals surface area contributed by atoms with Crippen molar-refractivity contribution >= 4 is 17.9 Å². The Balaban J connectivity index is 2.29. The van der Waals surface area contributed by atoms with Crippen LogP contribution in [0, 0.1) is 0 Å². The van der Waals surface area contributed by atoms with Crippen LogP contribution < -0.4 is 4.72 Å². The Morgan fingerprint density at radius 2 is 1.67 bits per heavy atom. The fourth-order valence-corrected chi connectivity index (χ4v) is 2.65. The van der Waals surface area contributed by atoms with E-state index < -0.39 is 5.97 Å². The smallest absolute Gasteiger partial charge is 0.335 e. The lowest BCUT2D eigenvalue weighted by Crippen LogP contribution is -2.29. The molecule has 0 amide bonds. The van der Waals surface area contributed by atoms with E-state index in [4.69, 9.17) is 5.11 Å². The minimum absolute atomic E-state index is 0.0188. The van der Waals surface area contributed by atoms with E-state index in [1.165, 1.54) is 0 Å². The van der Waals surface area contributed by atoms with Gasteiger partial charge in [0.2, 0.25) is 0 Å². The summed E-state index contributed by atoms with van der Waals surface area (Å²) in [6.45, 7) is 6.35. The molecule has 0 fully saturated rings. The van der Waals surface area contributed by atoms with E-state index in [2.05, 4.69) is 31.6 Å². The average molecular weight is 301 g/mol. The highest BCUT2D eigenvalue weighted by Gasteiger charge is 2.12. The van der Waals surface area contributed by atoms with Crippen LogP contribution in [0.3, 0.4) is 0 Å². The Morgan fingerprint density at radius 1 is 1.05 bits per heavy atom. The molecule has 0 radical (unpaired) electrons. The number of nitrogens with one attached hydrogen (secondary N) is 1. The molecule has 0 spiro atoms. The van der Waals surface area contributed by atoms with Crippen molar-refractivity contribution in [2.45, 2.75) is 31.2 Å². The number of carbonyl (C=O) groups is 1. The molecule has 0 aliphatic heterocycles. The third-order valence-corrected chi connectivity index (χ3v) is 4.09. The van der Waals surface area contributed by atoms with Crippen molar-refractivity contribution in [2.75, 3.05) is 0 Å². The van der Waals surface area contributed by atoms with E-state index in [9.17, 15) is 4.79 Å². The summed E-state index contributed by atoms with van der Waals surface area (Å²) in [5.41, 5.74) is 2.43. The van der Waals surface area contributed by atoms with Crippen LogP contribution in [0.25, 0.3) is 11.1 Å². The van der Waals surface area contributed by atoms with Crippen molar-refractivity contribution in [1.82, 2.24) is 4.72 Å². The molecule has 0 unspecified atom stereocenters. The Hall–Kier alpha value is -1.78. The predicted octanol–water partition coefficient (Wildman–Crippen LogP) is 4.45. The zero-order valence-corrected chi connectivity index (χ0v) is 13.2. The van der Waals surface area contributed by atoms with Crippen molar-refractivity contribution in [3.8, 4) is 11.1 Å². The molecule has 2 aromatic rings. The van der Waals surface area contributed by atoms with Crippen molar-refractivity contribution in [3.05, 3.63) is 54.1 Å². The number of hydrogen-bond acceptors (Lipinski definition) is 3. The van der Waals surface area contributed by atoms with Gasteiger partial charge in [-0.3, -0.25) is 4.72 Å². The third kappa shape index (κ3) is 4.34. The summed E-state index contributed by atoms with van der Waals surface area (Å²) in [4.78, 5) is 12.0. The predicted molar refractivity (Wildman–Crippen MR) is 87.6 cm³/mol. The summed E-state index contributed by atoms with van der Waals surface area (Å²) in [5.74, 6) is -0.904. The first-order chi connectivity index (χ1) is 9.87. The standard InChI is InChI=1S/C17H19NO2S/c1-17(2,3)18-21-15-7-5-4-6-14(15)12-8-10-13(11-9-12)16(19)20/h4-11,18H,1-3H3,(H,19,20). The van der Waals surface area contributed by atoms with Gasteiger partial charge in [-0.2, -0.15) is 0 Å². The summed E-state index contributed by atoms with van der Waals surface area (Å²) in [7, 11) is 0. The van der Waals surface area contributed by atoms with E-state index in [0.717, 1.165) is 16.0 Å². The second-order valence-electron chi connectivity index (χ2n) is 5.83. The fraction of sp³-hybridized carbons (Fsp3) is 0.235. The highest BCUT2D eigenvalue weighted by molar-refractivity contribution is 7.97. The van der Waals surface area contributed by atoms with Crippen LogP contribution in [0.1, 0.15) is 31.1 Å². The monoisotopic (exact) mass is 301 g/mol. The molecule has 21 heavy (non-hydrogen) atoms. The average Bonchev–Trinajstić information content (AvgIpc) is 2.45. The zero-order chi connectivity index (χ0) is 15.5. The van der Waals surface area contributed by atoms with Crippen molar-refractivity contribution < 1.29 is 9.90 Å². The van der Waals surface area contributed by atoms with Gasteiger partial charge >= 0.3 is 5.97 Å². The number of carboxylic acid groups (broad SMARTS) is 1. The van der Waals surface area contributed by atoms with Gasteiger partial charge in [0.15, 0.2) is 0 Å². The highest BCUT2D eigenvalue weighted by Crippen LogP contribution is 2.31. The maximum absolute atomic E-state index is 10.9. The minimum atomic E-state index is -0.904. The largest absolute Gasteiger partial charge is 0.478 e. The fourth-order valence-electron chi connectivity index (χ4n) is 1.79. The first-order valence-electron chi connectivity index (χ1n) is 6.73. The van der Waals surface area contributed by atoms with Crippen LogP contribution in [0.4, 0.5) is 0 Å². The number of rotatable bonds is 4. The van der Waals surface area contributed by atoms with Gasteiger partial charge in [0.1, 0.15) is 0 Å². The Labute approximate surface area is 129 Å². The summed E-state index contributed by atoms with van der Waals surface area (Å²) in [6.07, 6.45) is 0. The molecule has 0 aromatic heterocycles. The lowest BCUT2D eigenvalue weighted by atomic mass is 10.0. The molecule has 2 aromatic carbocycles. The highest BCUT2D eigenvalue weighted by atomic mass is 32.2. The maximum Gasteiger partial charge on any atom is 0.335 e. The van der Waals surface area contributed by atoms with Crippen molar-refractivity contribution in [1.29, 1.82) is 0 Å². The topological polar surface area (TPSA) is 49.3 Å². The quantitative estimate of drug-likeness (QED) is 0.819. The number of benzene rings is 2. The summed E-state index contributed by atoms with van der Waals surface area (Å²) in [6, 6.07) is 15.1. The minimum Gasteiger partial charge on any atom is -0.478 e. The van der Waals surface area contributed by atoms with Crippen LogP contribution in [0.5, 0.6) is 0 Å². The molecule has 0 heterocycles. The summed E-state index contributed by atoms with van der Waals surface area (Å²) in [5, 5.41) is 8.96. The Bertz CT molecular complexity index is 630. The molecule has 2 N–H and O–H groups in total. The van der Waals surface area contributed by atoms with Gasteiger partial charge in [-0.25, -0.2) is 4.79 Å². The summed E-state index contributed by atoms with van der Waals surface area (Å²) < 4.78 is 3.40. The zero-order valence-electron chi connectivity index (χ0n) is 12.4. The van der Waals surface area contributed by atoms with Crippen LogP contribution in [-0.2, 0) is 0 Å². The number of hydrogen-bond donors (Lipinski definition) is 2. The Kier molecular flexibility index (Phi) is 4.70. The first-order valence-corrected chi connectivity index (χ1v) is 7.55. The van der Waals surface area contributed by atoms with E-state index in [-0.39, 0.29) is 5.54 Å². The normalized spacial score (nSPS) is 11.4. The van der Waals surface area contributed by atoms with Gasteiger partial charge in [-0.05, 0) is 62.0 Å². The molecule has 0 aliphatic rings. The second-order valence-corrected chi connectivity index (χ2v) is 6.68. The molecule has 0 atom stereocenters. The van der Waals surface area contributed by atoms with Gasteiger partial charge in [0, 0.05) is 10.4 Å². The SMILES string of the molecule is CC(C)(C)NSc1ccccc1-c1ccc(C(=O)O)cc1. The number of aromatic carboxylic acids is 1. The maximum atomic E-state index is 10.9. The molecule has 0 bridgehead atoms. The molecule has 3 nitrogen and oxygen atoms in total. The first kappa shape index (κ1) is 15.6. The van der Waals surface area contributed by atoms with Gasteiger partial charge in [0.25, 0.3) is 0 Å². The van der Waals surface area contributed by atoms with Crippen LogP contribution in [0.2, 0.25) is 0 Å². The van der Waals surface area contributed by atoms with Crippen LogP contribution in [0.15, 0.2) is 53.4 Å². The molecule has 110 valence electrons. The number of carboxylic acids is 1. The Morgan fingerprint density at radius 3 is 2.24 bits per heavy atom. The lowest BCUT2D eigenvalue weighted by Gasteiger charge is -2.20. The summed E-state index contributed by atoms with van der Waals surface area (Å²) >= 11 is 1.59. The molecule has 0 aliphatic carbocycles. The molecule has 0 saturated carbocycles. The van der Waals surface area contributed by atoms with E-state index in [0.29, 0.717) is 5.56 Å². The molecule has 4 heteroatoms. The van der Waals surface area contributed by atoms with Crippen molar-refractivity contribution in [2.24, 2.45) is 0 Å². The van der Waals surface area contributed by atoms with E-state index in [1.54, 1.807) is 24.1 Å². The second kappa shape index (κ2) is 6.33.